The van der Waals surface area contributed by atoms with Crippen molar-refractivity contribution in [1.82, 2.24) is 4.90 Å². The molecule has 8 heteroatoms. The Labute approximate surface area is 211 Å². The molecule has 0 N–H and O–H groups in total. The van der Waals surface area contributed by atoms with Crippen LogP contribution in [0, 0.1) is 17.6 Å². The third kappa shape index (κ3) is 7.07. The fourth-order valence-corrected chi connectivity index (χ4v) is 4.06. The zero-order valence-corrected chi connectivity index (χ0v) is 21.0. The highest BCUT2D eigenvalue weighted by Gasteiger charge is 2.25. The number of amides is 1. The summed E-state index contributed by atoms with van der Waals surface area (Å²) in [7, 11) is 1.32. The Kier molecular flexibility index (Phi) is 9.87. The van der Waals surface area contributed by atoms with Gasteiger partial charge in [0.15, 0.2) is 0 Å². The number of hydrogen-bond donors (Lipinski definition) is 0. The van der Waals surface area contributed by atoms with E-state index in [0.717, 1.165) is 18.4 Å². The predicted octanol–water partition coefficient (Wildman–Crippen LogP) is 6.10. The zero-order valence-electron chi connectivity index (χ0n) is 21.0. The first-order chi connectivity index (χ1) is 17.3. The molecule has 0 spiro atoms. The van der Waals surface area contributed by atoms with Crippen LogP contribution in [0.4, 0.5) is 13.6 Å². The minimum atomic E-state index is -0.721. The topological polar surface area (TPSA) is 63.5 Å². The van der Waals surface area contributed by atoms with Crippen LogP contribution in [-0.4, -0.2) is 55.8 Å². The number of aliphatic imine (C=N–C) groups is 2. The van der Waals surface area contributed by atoms with Gasteiger partial charge < -0.3 is 14.4 Å². The second kappa shape index (κ2) is 13.1. The Morgan fingerprint density at radius 1 is 1.36 bits per heavy atom. The number of halogens is 2. The number of ether oxygens (including phenoxy) is 2. The van der Waals surface area contributed by atoms with Gasteiger partial charge in [0.2, 0.25) is 0 Å². The van der Waals surface area contributed by atoms with Crippen LogP contribution in [0.15, 0.2) is 64.8 Å². The van der Waals surface area contributed by atoms with E-state index in [-0.39, 0.29) is 23.3 Å². The van der Waals surface area contributed by atoms with Crippen LogP contribution in [0.3, 0.4) is 0 Å². The molecule has 0 bridgehead atoms. The molecule has 0 radical (unpaired) electrons. The number of morpholine rings is 1. The summed E-state index contributed by atoms with van der Waals surface area (Å²) in [5, 5.41) is 0. The van der Waals surface area contributed by atoms with Crippen LogP contribution in [0.5, 0.6) is 0 Å². The van der Waals surface area contributed by atoms with E-state index >= 15 is 8.78 Å². The lowest BCUT2D eigenvalue weighted by molar-refractivity contribution is -0.0224. The fraction of sp³-hybridized carbons (Fsp3) is 0.393. The number of allylic oxidation sites excluding steroid dienone is 4. The second-order valence-electron chi connectivity index (χ2n) is 8.82. The van der Waals surface area contributed by atoms with Crippen molar-refractivity contribution in [2.75, 3.05) is 26.8 Å². The van der Waals surface area contributed by atoms with Gasteiger partial charge in [-0.2, -0.15) is 0 Å². The van der Waals surface area contributed by atoms with E-state index in [1.807, 2.05) is 19.9 Å². The predicted molar refractivity (Wildman–Crippen MR) is 139 cm³/mol. The number of carbonyl (C=O) groups excluding carboxylic acids is 1. The quantitative estimate of drug-likeness (QED) is 0.338. The molecule has 1 amide bonds. The average Bonchev–Trinajstić information content (AvgIpc) is 3.10. The van der Waals surface area contributed by atoms with Gasteiger partial charge in [-0.1, -0.05) is 37.3 Å². The van der Waals surface area contributed by atoms with Gasteiger partial charge in [-0.05, 0) is 50.3 Å². The lowest BCUT2D eigenvalue weighted by Gasteiger charge is -2.31. The number of rotatable bonds is 7. The Morgan fingerprint density at radius 3 is 2.81 bits per heavy atom. The molecule has 0 aliphatic carbocycles. The van der Waals surface area contributed by atoms with Gasteiger partial charge in [-0.25, -0.2) is 13.6 Å². The van der Waals surface area contributed by atoms with Crippen molar-refractivity contribution in [2.45, 2.75) is 39.2 Å². The molecular formula is C28H33F2N3O3. The van der Waals surface area contributed by atoms with E-state index in [1.165, 1.54) is 25.5 Å². The second-order valence-corrected chi connectivity index (χ2v) is 8.82. The maximum Gasteiger partial charge on any atom is 0.409 e. The van der Waals surface area contributed by atoms with Crippen LogP contribution in [-0.2, 0) is 9.47 Å². The van der Waals surface area contributed by atoms with Gasteiger partial charge in [-0.3, -0.25) is 9.98 Å². The Bertz CT molecular complexity index is 1100. The van der Waals surface area contributed by atoms with Crippen LogP contribution in [0.1, 0.15) is 44.2 Å². The highest BCUT2D eigenvalue weighted by atomic mass is 19.1. The first-order valence-electron chi connectivity index (χ1n) is 12.0. The average molecular weight is 498 g/mol. The number of carbonyl (C=O) groups is 1. The van der Waals surface area contributed by atoms with E-state index < -0.39 is 17.7 Å². The molecule has 2 aliphatic rings. The van der Waals surface area contributed by atoms with E-state index in [1.54, 1.807) is 29.3 Å². The molecule has 1 aromatic carbocycles. The first kappa shape index (κ1) is 27.2. The molecule has 1 saturated heterocycles. The van der Waals surface area contributed by atoms with Gasteiger partial charge in [0, 0.05) is 24.5 Å². The van der Waals surface area contributed by atoms with Crippen molar-refractivity contribution in [3.8, 4) is 0 Å². The maximum absolute atomic E-state index is 15.4. The lowest BCUT2D eigenvalue weighted by Crippen LogP contribution is -2.45. The monoisotopic (exact) mass is 497 g/mol. The molecule has 36 heavy (non-hydrogen) atoms. The van der Waals surface area contributed by atoms with Crippen molar-refractivity contribution in [2.24, 2.45) is 15.9 Å². The summed E-state index contributed by atoms with van der Waals surface area (Å²) in [6.07, 6.45) is 11.4. The molecular weight excluding hydrogens is 464 g/mol. The molecule has 2 aliphatic heterocycles. The van der Waals surface area contributed by atoms with Gasteiger partial charge >= 0.3 is 6.09 Å². The summed E-state index contributed by atoms with van der Waals surface area (Å²) in [5.41, 5.74) is 1.84. The molecule has 192 valence electrons. The summed E-state index contributed by atoms with van der Waals surface area (Å²) in [4.78, 5) is 22.2. The normalized spacial score (nSPS) is 21.4. The van der Waals surface area contributed by atoms with Crippen molar-refractivity contribution in [3.63, 3.8) is 0 Å². The number of benzene rings is 1. The molecule has 0 aromatic heterocycles. The van der Waals surface area contributed by atoms with Crippen LogP contribution < -0.4 is 0 Å². The zero-order chi connectivity index (χ0) is 26.1. The summed E-state index contributed by atoms with van der Waals surface area (Å²) in [5.74, 6) is -1.37. The van der Waals surface area contributed by atoms with E-state index in [2.05, 4.69) is 16.6 Å². The third-order valence-corrected chi connectivity index (χ3v) is 6.16. The standard InChI is InChI=1S/C28H33F2N3O3/c1-5-19(2)11-13-31-25(10-9-22-18-33(14-15-36-22)28(34)35-4)26-23(29)16-21(17-24(26)30)27-20(3)8-6-7-12-32-27/h5,7,10-13,16-17,20,22H,1,6,8-9,14-15,18H2,2-4H3/b19-11-,25-10+,31-13+/t20?,22-/m0/s1. The Hall–Kier alpha value is -3.39. The smallest absolute Gasteiger partial charge is 0.409 e. The third-order valence-electron chi connectivity index (χ3n) is 6.16. The summed E-state index contributed by atoms with van der Waals surface area (Å²) < 4.78 is 41.4. The summed E-state index contributed by atoms with van der Waals surface area (Å²) >= 11 is 0. The molecule has 1 aromatic rings. The van der Waals surface area contributed by atoms with Crippen molar-refractivity contribution >= 4 is 23.7 Å². The largest absolute Gasteiger partial charge is 0.453 e. The van der Waals surface area contributed by atoms with Gasteiger partial charge in [0.1, 0.15) is 11.6 Å². The van der Waals surface area contributed by atoms with E-state index in [4.69, 9.17) is 9.47 Å². The molecule has 2 atom stereocenters. The first-order valence-corrected chi connectivity index (χ1v) is 12.0. The fourth-order valence-electron chi connectivity index (χ4n) is 4.06. The molecule has 1 fully saturated rings. The van der Waals surface area contributed by atoms with E-state index in [9.17, 15) is 4.79 Å². The molecule has 0 saturated carbocycles. The Morgan fingerprint density at radius 2 is 2.11 bits per heavy atom. The van der Waals surface area contributed by atoms with Gasteiger partial charge in [0.25, 0.3) is 0 Å². The van der Waals surface area contributed by atoms with Gasteiger partial charge in [-0.15, -0.1) is 0 Å². The van der Waals surface area contributed by atoms with Crippen LogP contribution >= 0.6 is 0 Å². The number of methoxy groups -OCH3 is 1. The van der Waals surface area contributed by atoms with Gasteiger partial charge in [0.05, 0.1) is 43.3 Å². The SMILES string of the molecule is C=C\C(C)=C/C=N/C(=C/C[C@H]1CN(C(=O)OC)CCO1)c1c(F)cc(C2=NC=CCCC2C)cc1F. The maximum atomic E-state index is 15.4. The molecule has 2 heterocycles. The minimum absolute atomic E-state index is 0.0749. The Balaban J connectivity index is 1.94. The van der Waals surface area contributed by atoms with Crippen molar-refractivity contribution in [3.05, 3.63) is 77.6 Å². The van der Waals surface area contributed by atoms with Crippen molar-refractivity contribution < 1.29 is 23.0 Å². The lowest BCUT2D eigenvalue weighted by atomic mass is 9.93. The van der Waals surface area contributed by atoms with E-state index in [0.29, 0.717) is 37.4 Å². The van der Waals surface area contributed by atoms with Crippen LogP contribution in [0.2, 0.25) is 0 Å². The summed E-state index contributed by atoms with van der Waals surface area (Å²) in [6.45, 7) is 8.62. The molecule has 1 unspecified atom stereocenters. The van der Waals surface area contributed by atoms with Crippen LogP contribution in [0.25, 0.3) is 5.70 Å². The highest BCUT2D eigenvalue weighted by molar-refractivity contribution is 6.03. The summed E-state index contributed by atoms with van der Waals surface area (Å²) in [6, 6.07) is 2.63. The highest BCUT2D eigenvalue weighted by Crippen LogP contribution is 2.28. The number of nitrogens with zero attached hydrogens (tertiary/aromatic N) is 3. The minimum Gasteiger partial charge on any atom is -0.453 e. The molecule has 6 nitrogen and oxygen atoms in total. The number of hydrogen-bond acceptors (Lipinski definition) is 5. The van der Waals surface area contributed by atoms with Crippen molar-refractivity contribution in [1.29, 1.82) is 0 Å². The molecule has 3 rings (SSSR count).